The summed E-state index contributed by atoms with van der Waals surface area (Å²) >= 11 is 0. The minimum atomic E-state index is -2.90. The number of alkyl halides is 2. The Morgan fingerprint density at radius 2 is 2.10 bits per heavy atom. The molecule has 0 fully saturated rings. The SMILES string of the molecule is COc1cccc(CNc2cnccc2C)c1OC(F)F. The highest BCUT2D eigenvalue weighted by atomic mass is 19.3. The van der Waals surface area contributed by atoms with Gasteiger partial charge in [-0.1, -0.05) is 12.1 Å². The first kappa shape index (κ1) is 15.0. The van der Waals surface area contributed by atoms with Crippen LogP contribution in [0, 0.1) is 6.92 Å². The molecule has 0 aliphatic carbocycles. The number of aromatic nitrogens is 1. The Hall–Kier alpha value is -2.37. The Labute approximate surface area is 121 Å². The molecule has 0 radical (unpaired) electrons. The summed E-state index contributed by atoms with van der Waals surface area (Å²) in [6, 6.07) is 6.88. The minimum absolute atomic E-state index is 0.0454. The molecule has 0 atom stereocenters. The fourth-order valence-corrected chi connectivity index (χ4v) is 1.92. The van der Waals surface area contributed by atoms with Gasteiger partial charge in [0, 0.05) is 18.3 Å². The Kier molecular flexibility index (Phi) is 4.92. The van der Waals surface area contributed by atoms with E-state index in [1.165, 1.54) is 7.11 Å². The highest BCUT2D eigenvalue weighted by molar-refractivity contribution is 5.52. The van der Waals surface area contributed by atoms with Crippen molar-refractivity contribution in [2.24, 2.45) is 0 Å². The van der Waals surface area contributed by atoms with Gasteiger partial charge in [0.25, 0.3) is 0 Å². The summed E-state index contributed by atoms with van der Waals surface area (Å²) < 4.78 is 34.7. The number of methoxy groups -OCH3 is 1. The summed E-state index contributed by atoms with van der Waals surface area (Å²) in [7, 11) is 1.41. The van der Waals surface area contributed by atoms with Crippen LogP contribution in [-0.2, 0) is 6.54 Å². The molecule has 0 unspecified atom stereocenters. The van der Waals surface area contributed by atoms with Gasteiger partial charge < -0.3 is 14.8 Å². The van der Waals surface area contributed by atoms with Crippen LogP contribution in [0.25, 0.3) is 0 Å². The minimum Gasteiger partial charge on any atom is -0.493 e. The van der Waals surface area contributed by atoms with Crippen molar-refractivity contribution < 1.29 is 18.3 Å². The molecule has 2 aromatic rings. The second kappa shape index (κ2) is 6.88. The lowest BCUT2D eigenvalue weighted by Crippen LogP contribution is -2.09. The van der Waals surface area contributed by atoms with E-state index < -0.39 is 6.61 Å². The second-order valence-corrected chi connectivity index (χ2v) is 4.37. The Balaban J connectivity index is 2.21. The third-order valence-corrected chi connectivity index (χ3v) is 3.00. The molecule has 6 heteroatoms. The molecule has 0 aliphatic heterocycles. The van der Waals surface area contributed by atoms with Gasteiger partial charge in [-0.25, -0.2) is 0 Å². The van der Waals surface area contributed by atoms with Gasteiger partial charge in [0.1, 0.15) is 0 Å². The molecule has 2 rings (SSSR count). The van der Waals surface area contributed by atoms with E-state index in [0.717, 1.165) is 11.3 Å². The molecule has 0 saturated carbocycles. The molecule has 0 saturated heterocycles. The van der Waals surface area contributed by atoms with Crippen molar-refractivity contribution in [1.29, 1.82) is 0 Å². The molecule has 112 valence electrons. The number of ether oxygens (including phenoxy) is 2. The standard InChI is InChI=1S/C15H16F2N2O2/c1-10-6-7-18-9-12(10)19-8-11-4-3-5-13(20-2)14(11)21-15(16)17/h3-7,9,15,19H,8H2,1-2H3. The molecule has 1 N–H and O–H groups in total. The zero-order chi connectivity index (χ0) is 15.2. The molecule has 4 nitrogen and oxygen atoms in total. The number of nitrogens with zero attached hydrogens (tertiary/aromatic N) is 1. The maximum atomic E-state index is 12.5. The first-order valence-electron chi connectivity index (χ1n) is 6.37. The van der Waals surface area contributed by atoms with Gasteiger partial charge in [0.2, 0.25) is 0 Å². The molecule has 21 heavy (non-hydrogen) atoms. The van der Waals surface area contributed by atoms with Crippen LogP contribution in [0.4, 0.5) is 14.5 Å². The molecule has 1 aromatic carbocycles. The number of nitrogens with one attached hydrogen (secondary N) is 1. The summed E-state index contributed by atoms with van der Waals surface area (Å²) in [6.45, 7) is -0.641. The Morgan fingerprint density at radius 1 is 1.29 bits per heavy atom. The summed E-state index contributed by atoms with van der Waals surface area (Å²) in [5.41, 5.74) is 2.44. The summed E-state index contributed by atoms with van der Waals surface area (Å²) in [6.07, 6.45) is 3.38. The first-order chi connectivity index (χ1) is 10.1. The van der Waals surface area contributed by atoms with Gasteiger partial charge in [0.05, 0.1) is 19.0 Å². The van der Waals surface area contributed by atoms with Crippen molar-refractivity contribution >= 4 is 5.69 Å². The van der Waals surface area contributed by atoms with Crippen LogP contribution in [0.1, 0.15) is 11.1 Å². The van der Waals surface area contributed by atoms with Crippen LogP contribution in [-0.4, -0.2) is 18.7 Å². The smallest absolute Gasteiger partial charge is 0.387 e. The van der Waals surface area contributed by atoms with E-state index >= 15 is 0 Å². The number of anilines is 1. The predicted molar refractivity (Wildman–Crippen MR) is 75.9 cm³/mol. The predicted octanol–water partition coefficient (Wildman–Crippen LogP) is 3.61. The molecular weight excluding hydrogens is 278 g/mol. The van der Waals surface area contributed by atoms with E-state index in [9.17, 15) is 8.78 Å². The van der Waals surface area contributed by atoms with E-state index in [4.69, 9.17) is 4.74 Å². The number of rotatable bonds is 6. The summed E-state index contributed by atoms with van der Waals surface area (Å²) in [5, 5.41) is 3.15. The fourth-order valence-electron chi connectivity index (χ4n) is 1.92. The van der Waals surface area contributed by atoms with Crippen molar-refractivity contribution in [2.75, 3.05) is 12.4 Å². The zero-order valence-electron chi connectivity index (χ0n) is 11.8. The third-order valence-electron chi connectivity index (χ3n) is 3.00. The van der Waals surface area contributed by atoms with Crippen LogP contribution in [0.2, 0.25) is 0 Å². The van der Waals surface area contributed by atoms with Crippen LogP contribution in [0.15, 0.2) is 36.7 Å². The maximum absolute atomic E-state index is 12.5. The van der Waals surface area contributed by atoms with Gasteiger partial charge in [-0.15, -0.1) is 0 Å². The molecular formula is C15H16F2N2O2. The van der Waals surface area contributed by atoms with Crippen LogP contribution >= 0.6 is 0 Å². The molecule has 0 aliphatic rings. The molecule has 0 bridgehead atoms. The first-order valence-corrected chi connectivity index (χ1v) is 6.37. The Morgan fingerprint density at radius 3 is 2.76 bits per heavy atom. The lowest BCUT2D eigenvalue weighted by atomic mass is 10.1. The Bertz CT molecular complexity index is 606. The van der Waals surface area contributed by atoms with E-state index in [1.807, 2.05) is 13.0 Å². The average molecular weight is 294 g/mol. The lowest BCUT2D eigenvalue weighted by Gasteiger charge is -2.15. The molecule has 1 aromatic heterocycles. The average Bonchev–Trinajstić information content (AvgIpc) is 2.47. The van der Waals surface area contributed by atoms with Crippen molar-refractivity contribution in [3.05, 3.63) is 47.8 Å². The van der Waals surface area contributed by atoms with Crippen LogP contribution in [0.5, 0.6) is 11.5 Å². The second-order valence-electron chi connectivity index (χ2n) is 4.37. The van der Waals surface area contributed by atoms with Crippen molar-refractivity contribution in [2.45, 2.75) is 20.1 Å². The summed E-state index contributed by atoms with van der Waals surface area (Å²) in [4.78, 5) is 4.02. The molecule has 0 amide bonds. The van der Waals surface area contributed by atoms with Gasteiger partial charge in [-0.3, -0.25) is 4.98 Å². The molecule has 0 spiro atoms. The van der Waals surface area contributed by atoms with Crippen molar-refractivity contribution in [3.8, 4) is 11.5 Å². The van der Waals surface area contributed by atoms with Crippen LogP contribution < -0.4 is 14.8 Å². The van der Waals surface area contributed by atoms with E-state index in [-0.39, 0.29) is 11.5 Å². The number of aryl methyl sites for hydroxylation is 1. The highest BCUT2D eigenvalue weighted by Gasteiger charge is 2.15. The van der Waals surface area contributed by atoms with Gasteiger partial charge in [0.15, 0.2) is 11.5 Å². The normalized spacial score (nSPS) is 10.5. The lowest BCUT2D eigenvalue weighted by molar-refractivity contribution is -0.0517. The van der Waals surface area contributed by atoms with Crippen LogP contribution in [0.3, 0.4) is 0 Å². The number of para-hydroxylation sites is 1. The quantitative estimate of drug-likeness (QED) is 0.884. The van der Waals surface area contributed by atoms with Crippen molar-refractivity contribution in [1.82, 2.24) is 4.98 Å². The topological polar surface area (TPSA) is 43.4 Å². The maximum Gasteiger partial charge on any atom is 0.387 e. The fraction of sp³-hybridized carbons (Fsp3) is 0.267. The zero-order valence-corrected chi connectivity index (χ0v) is 11.8. The number of hydrogen-bond acceptors (Lipinski definition) is 4. The van der Waals surface area contributed by atoms with E-state index in [1.54, 1.807) is 30.6 Å². The third kappa shape index (κ3) is 3.81. The van der Waals surface area contributed by atoms with E-state index in [2.05, 4.69) is 15.0 Å². The molecule has 1 heterocycles. The van der Waals surface area contributed by atoms with Gasteiger partial charge in [-0.05, 0) is 24.6 Å². The van der Waals surface area contributed by atoms with E-state index in [0.29, 0.717) is 12.1 Å². The number of benzene rings is 1. The van der Waals surface area contributed by atoms with Crippen molar-refractivity contribution in [3.63, 3.8) is 0 Å². The number of halogens is 2. The summed E-state index contributed by atoms with van der Waals surface area (Å²) in [5.74, 6) is 0.321. The number of pyridine rings is 1. The van der Waals surface area contributed by atoms with Gasteiger partial charge >= 0.3 is 6.61 Å². The number of hydrogen-bond donors (Lipinski definition) is 1. The van der Waals surface area contributed by atoms with Gasteiger partial charge in [-0.2, -0.15) is 8.78 Å². The highest BCUT2D eigenvalue weighted by Crippen LogP contribution is 2.33. The largest absolute Gasteiger partial charge is 0.493 e. The monoisotopic (exact) mass is 294 g/mol.